The Hall–Kier alpha value is -0.820. The molecule has 3 unspecified atom stereocenters. The van der Waals surface area contributed by atoms with Crippen molar-refractivity contribution in [3.05, 3.63) is 35.4 Å². The van der Waals surface area contributed by atoms with Gasteiger partial charge in [0.1, 0.15) is 0 Å². The quantitative estimate of drug-likeness (QED) is 0.820. The highest BCUT2D eigenvalue weighted by atomic mass is 14.8. The number of hydrogen-bond acceptors (Lipinski definition) is 1. The Kier molecular flexibility index (Phi) is 5.45. The molecule has 19 heavy (non-hydrogen) atoms. The van der Waals surface area contributed by atoms with Crippen LogP contribution in [0.1, 0.15) is 56.6 Å². The van der Waals surface area contributed by atoms with Gasteiger partial charge in [-0.25, -0.2) is 0 Å². The fourth-order valence-corrected chi connectivity index (χ4v) is 3.57. The maximum Gasteiger partial charge on any atom is -0.00148 e. The fourth-order valence-electron chi connectivity index (χ4n) is 3.57. The van der Waals surface area contributed by atoms with Crippen molar-refractivity contribution in [2.45, 2.75) is 52.4 Å². The first-order valence-electron chi connectivity index (χ1n) is 8.01. The average Bonchev–Trinajstić information content (AvgIpc) is 2.45. The number of nitrogens with one attached hydrogen (secondary N) is 1. The van der Waals surface area contributed by atoms with Gasteiger partial charge in [-0.05, 0) is 56.2 Å². The minimum atomic E-state index is 0.762. The summed E-state index contributed by atoms with van der Waals surface area (Å²) in [6.45, 7) is 9.05. The lowest BCUT2D eigenvalue weighted by molar-refractivity contribution is 0.226. The van der Waals surface area contributed by atoms with Gasteiger partial charge in [-0.2, -0.15) is 0 Å². The zero-order valence-corrected chi connectivity index (χ0v) is 12.8. The van der Waals surface area contributed by atoms with Crippen LogP contribution in [0.4, 0.5) is 0 Å². The van der Waals surface area contributed by atoms with E-state index < -0.39 is 0 Å². The summed E-state index contributed by atoms with van der Waals surface area (Å²) in [4.78, 5) is 0. The van der Waals surface area contributed by atoms with Gasteiger partial charge in [0.15, 0.2) is 0 Å². The molecule has 0 spiro atoms. The molecule has 1 aromatic carbocycles. The Balaban J connectivity index is 2.14. The monoisotopic (exact) mass is 259 g/mol. The Bertz CT molecular complexity index is 385. The van der Waals surface area contributed by atoms with Crippen LogP contribution >= 0.6 is 0 Å². The lowest BCUT2D eigenvalue weighted by Crippen LogP contribution is -2.32. The van der Waals surface area contributed by atoms with Crippen LogP contribution in [-0.2, 0) is 0 Å². The molecule has 0 saturated heterocycles. The summed E-state index contributed by atoms with van der Waals surface area (Å²) in [5, 5.41) is 3.57. The maximum atomic E-state index is 3.57. The zero-order valence-electron chi connectivity index (χ0n) is 12.8. The topological polar surface area (TPSA) is 12.0 Å². The molecule has 0 bridgehead atoms. The summed E-state index contributed by atoms with van der Waals surface area (Å²) < 4.78 is 0. The van der Waals surface area contributed by atoms with Crippen molar-refractivity contribution in [2.75, 3.05) is 13.1 Å². The van der Waals surface area contributed by atoms with Gasteiger partial charge >= 0.3 is 0 Å². The second-order valence-electron chi connectivity index (χ2n) is 6.18. The van der Waals surface area contributed by atoms with Gasteiger partial charge in [0.25, 0.3) is 0 Å². The van der Waals surface area contributed by atoms with Crippen molar-refractivity contribution in [2.24, 2.45) is 11.8 Å². The number of aryl methyl sites for hydroxylation is 1. The molecule has 1 aromatic rings. The molecule has 0 heterocycles. The summed E-state index contributed by atoms with van der Waals surface area (Å²) in [5.41, 5.74) is 2.97. The summed E-state index contributed by atoms with van der Waals surface area (Å²) in [7, 11) is 0. The van der Waals surface area contributed by atoms with E-state index in [2.05, 4.69) is 50.4 Å². The van der Waals surface area contributed by atoms with E-state index in [0.717, 1.165) is 24.3 Å². The lowest BCUT2D eigenvalue weighted by atomic mass is 9.70. The molecule has 106 valence electrons. The smallest absolute Gasteiger partial charge is 0.00148 e. The highest BCUT2D eigenvalue weighted by Crippen LogP contribution is 2.41. The van der Waals surface area contributed by atoms with E-state index in [1.54, 1.807) is 5.56 Å². The number of hydrogen-bond donors (Lipinski definition) is 1. The fraction of sp³-hybridized carbons (Fsp3) is 0.667. The molecule has 1 N–H and O–H groups in total. The van der Waals surface area contributed by atoms with Gasteiger partial charge in [-0.3, -0.25) is 0 Å². The van der Waals surface area contributed by atoms with Crippen molar-refractivity contribution in [1.29, 1.82) is 0 Å². The van der Waals surface area contributed by atoms with Crippen LogP contribution in [0.2, 0.25) is 0 Å². The summed E-state index contributed by atoms with van der Waals surface area (Å²) in [6.07, 6.45) is 5.55. The highest BCUT2D eigenvalue weighted by molar-refractivity contribution is 5.26. The highest BCUT2D eigenvalue weighted by Gasteiger charge is 2.30. The van der Waals surface area contributed by atoms with Crippen LogP contribution in [0.15, 0.2) is 24.3 Å². The molecular formula is C18H29N. The standard InChI is InChI=1S/C18H29N/c1-4-15-9-10-17(13-19-5-2)18(12-15)16-8-6-7-14(3)11-16/h6-8,11,15,17-19H,4-5,9-10,12-13H2,1-3H3. The number of benzene rings is 1. The Labute approximate surface area is 118 Å². The lowest BCUT2D eigenvalue weighted by Gasteiger charge is -2.36. The first-order valence-corrected chi connectivity index (χ1v) is 8.01. The molecular weight excluding hydrogens is 230 g/mol. The van der Waals surface area contributed by atoms with E-state index in [-0.39, 0.29) is 0 Å². The molecule has 0 aromatic heterocycles. The Morgan fingerprint density at radius 2 is 2.05 bits per heavy atom. The van der Waals surface area contributed by atoms with E-state index in [1.807, 2.05) is 0 Å². The molecule has 2 rings (SSSR count). The normalized spacial score (nSPS) is 27.4. The minimum Gasteiger partial charge on any atom is -0.317 e. The second kappa shape index (κ2) is 7.09. The van der Waals surface area contributed by atoms with Crippen molar-refractivity contribution in [3.8, 4) is 0 Å². The Morgan fingerprint density at radius 1 is 1.21 bits per heavy atom. The predicted octanol–water partition coefficient (Wildman–Crippen LogP) is 4.51. The van der Waals surface area contributed by atoms with Crippen molar-refractivity contribution < 1.29 is 0 Å². The van der Waals surface area contributed by atoms with E-state index >= 15 is 0 Å². The van der Waals surface area contributed by atoms with Crippen LogP contribution < -0.4 is 5.32 Å². The van der Waals surface area contributed by atoms with Crippen LogP contribution in [0, 0.1) is 18.8 Å². The molecule has 1 aliphatic rings. The largest absolute Gasteiger partial charge is 0.317 e. The molecule has 1 fully saturated rings. The first-order chi connectivity index (χ1) is 9.24. The van der Waals surface area contributed by atoms with Gasteiger partial charge in [-0.15, -0.1) is 0 Å². The molecule has 3 atom stereocenters. The average molecular weight is 259 g/mol. The molecule has 1 heteroatoms. The van der Waals surface area contributed by atoms with Crippen LogP contribution in [0.25, 0.3) is 0 Å². The van der Waals surface area contributed by atoms with Crippen molar-refractivity contribution in [1.82, 2.24) is 5.32 Å². The minimum absolute atomic E-state index is 0.762. The van der Waals surface area contributed by atoms with E-state index in [1.165, 1.54) is 37.8 Å². The van der Waals surface area contributed by atoms with E-state index in [0.29, 0.717) is 0 Å². The summed E-state index contributed by atoms with van der Waals surface area (Å²) >= 11 is 0. The van der Waals surface area contributed by atoms with E-state index in [4.69, 9.17) is 0 Å². The molecule has 0 radical (unpaired) electrons. The third-order valence-corrected chi connectivity index (χ3v) is 4.81. The third kappa shape index (κ3) is 3.82. The van der Waals surface area contributed by atoms with Crippen molar-refractivity contribution in [3.63, 3.8) is 0 Å². The molecule has 0 amide bonds. The molecule has 1 aliphatic carbocycles. The Morgan fingerprint density at radius 3 is 2.74 bits per heavy atom. The van der Waals surface area contributed by atoms with Gasteiger partial charge in [0, 0.05) is 0 Å². The second-order valence-corrected chi connectivity index (χ2v) is 6.18. The van der Waals surface area contributed by atoms with Gasteiger partial charge in [0.05, 0.1) is 0 Å². The predicted molar refractivity (Wildman–Crippen MR) is 83.6 cm³/mol. The third-order valence-electron chi connectivity index (χ3n) is 4.81. The first kappa shape index (κ1) is 14.6. The summed E-state index contributed by atoms with van der Waals surface area (Å²) in [5.74, 6) is 2.52. The zero-order chi connectivity index (χ0) is 13.7. The van der Waals surface area contributed by atoms with E-state index in [9.17, 15) is 0 Å². The van der Waals surface area contributed by atoms with Gasteiger partial charge in [0.2, 0.25) is 0 Å². The molecule has 1 saturated carbocycles. The SMILES string of the molecule is CCNCC1CCC(CC)CC1c1cccc(C)c1. The van der Waals surface area contributed by atoms with Crippen molar-refractivity contribution >= 4 is 0 Å². The van der Waals surface area contributed by atoms with Gasteiger partial charge < -0.3 is 5.32 Å². The molecule has 0 aliphatic heterocycles. The maximum absolute atomic E-state index is 3.57. The van der Waals surface area contributed by atoms with Gasteiger partial charge in [-0.1, -0.05) is 56.5 Å². The van der Waals surface area contributed by atoms with Crippen LogP contribution in [0.5, 0.6) is 0 Å². The molecule has 1 nitrogen and oxygen atoms in total. The van der Waals surface area contributed by atoms with Crippen LogP contribution in [-0.4, -0.2) is 13.1 Å². The summed E-state index contributed by atoms with van der Waals surface area (Å²) in [6, 6.07) is 9.18. The number of rotatable bonds is 5. The van der Waals surface area contributed by atoms with Crippen LogP contribution in [0.3, 0.4) is 0 Å².